The molecule has 1 atom stereocenters. The molecule has 2 aromatic heterocycles. The average Bonchev–Trinajstić information content (AvgIpc) is 3.43. The van der Waals surface area contributed by atoms with Gasteiger partial charge in [-0.1, -0.05) is 51.5 Å². The Morgan fingerprint density at radius 3 is 2.69 bits per heavy atom. The van der Waals surface area contributed by atoms with E-state index in [2.05, 4.69) is 44.8 Å². The number of likely N-dealkylation sites (tertiary alicyclic amines) is 1. The number of hydrogen-bond donors (Lipinski definition) is 1. The van der Waals surface area contributed by atoms with E-state index in [4.69, 9.17) is 4.98 Å². The predicted molar refractivity (Wildman–Crippen MR) is 138 cm³/mol. The number of aromatic amines is 1. The van der Waals surface area contributed by atoms with Crippen LogP contribution in [0.15, 0.2) is 33.9 Å². The molecule has 0 bridgehead atoms. The van der Waals surface area contributed by atoms with Crippen LogP contribution in [-0.4, -0.2) is 36.5 Å². The summed E-state index contributed by atoms with van der Waals surface area (Å²) in [5, 5.41) is 0. The summed E-state index contributed by atoms with van der Waals surface area (Å²) in [6.45, 7) is 10.2. The number of amides is 1. The summed E-state index contributed by atoms with van der Waals surface area (Å²) in [6.07, 6.45) is 4.47. The van der Waals surface area contributed by atoms with Crippen LogP contribution >= 0.6 is 0 Å². The zero-order valence-electron chi connectivity index (χ0n) is 21.3. The van der Waals surface area contributed by atoms with Gasteiger partial charge in [0.2, 0.25) is 5.91 Å². The molecule has 1 amide bonds. The first kappa shape index (κ1) is 24.9. The van der Waals surface area contributed by atoms with Crippen LogP contribution < -0.4 is 11.2 Å². The van der Waals surface area contributed by atoms with Gasteiger partial charge in [0.05, 0.1) is 6.04 Å². The fourth-order valence-electron chi connectivity index (χ4n) is 5.21. The Balaban J connectivity index is 1.64. The molecule has 1 unspecified atom stereocenters. The quantitative estimate of drug-likeness (QED) is 0.503. The van der Waals surface area contributed by atoms with Crippen molar-refractivity contribution in [3.05, 3.63) is 62.1 Å². The summed E-state index contributed by atoms with van der Waals surface area (Å²) in [4.78, 5) is 48.0. The molecule has 1 aliphatic rings. The molecule has 3 heterocycles. The maximum absolute atomic E-state index is 13.4. The summed E-state index contributed by atoms with van der Waals surface area (Å²) in [7, 11) is 0. The van der Waals surface area contributed by atoms with E-state index in [1.165, 1.54) is 11.1 Å². The number of fused-ring (bicyclic) bond motifs is 1. The van der Waals surface area contributed by atoms with E-state index in [1.54, 1.807) is 4.57 Å². The lowest BCUT2D eigenvalue weighted by Gasteiger charge is -2.26. The third-order valence-electron chi connectivity index (χ3n) is 6.93. The van der Waals surface area contributed by atoms with Crippen LogP contribution in [0, 0.1) is 12.8 Å². The van der Waals surface area contributed by atoms with Gasteiger partial charge in [-0.15, -0.1) is 0 Å². The Hall–Kier alpha value is -3.16. The van der Waals surface area contributed by atoms with Crippen LogP contribution in [0.3, 0.4) is 0 Å². The minimum absolute atomic E-state index is 0.108. The van der Waals surface area contributed by atoms with Gasteiger partial charge in [-0.3, -0.25) is 19.1 Å². The fraction of sp³-hybridized carbons (Fsp3) is 0.556. The number of carbonyl (C=O) groups is 1. The van der Waals surface area contributed by atoms with Gasteiger partial charge < -0.3 is 9.47 Å². The Kier molecular flexibility index (Phi) is 7.57. The van der Waals surface area contributed by atoms with E-state index in [-0.39, 0.29) is 17.9 Å². The highest BCUT2D eigenvalue weighted by atomic mass is 16.2. The van der Waals surface area contributed by atoms with Gasteiger partial charge in [0.1, 0.15) is 5.82 Å². The van der Waals surface area contributed by atoms with Crippen molar-refractivity contribution in [3.8, 4) is 0 Å². The van der Waals surface area contributed by atoms with Crippen molar-refractivity contribution in [1.29, 1.82) is 0 Å². The number of imidazole rings is 1. The zero-order chi connectivity index (χ0) is 25.1. The number of nitrogens with one attached hydrogen (secondary N) is 1. The van der Waals surface area contributed by atoms with E-state index >= 15 is 0 Å². The Morgan fingerprint density at radius 1 is 1.20 bits per heavy atom. The summed E-state index contributed by atoms with van der Waals surface area (Å²) in [5.74, 6) is 1.08. The SMILES string of the molecule is CCCCn1c(=O)[nH]c(=O)c2c1nc(CCC(=O)N1CCCC1c1ccccc1C)n2CC(C)C. The zero-order valence-corrected chi connectivity index (χ0v) is 21.3. The summed E-state index contributed by atoms with van der Waals surface area (Å²) in [6, 6.07) is 8.39. The molecule has 0 aliphatic carbocycles. The molecule has 0 saturated carbocycles. The molecule has 35 heavy (non-hydrogen) atoms. The van der Waals surface area contributed by atoms with Gasteiger partial charge in [-0.05, 0) is 43.2 Å². The van der Waals surface area contributed by atoms with Crippen molar-refractivity contribution in [3.63, 3.8) is 0 Å². The second-order valence-electron chi connectivity index (χ2n) is 10.1. The molecule has 8 nitrogen and oxygen atoms in total. The lowest BCUT2D eigenvalue weighted by atomic mass is 9.99. The molecule has 0 radical (unpaired) electrons. The van der Waals surface area contributed by atoms with Crippen molar-refractivity contribution < 1.29 is 4.79 Å². The first-order chi connectivity index (χ1) is 16.8. The molecule has 1 aromatic carbocycles. The van der Waals surface area contributed by atoms with E-state index in [0.29, 0.717) is 42.9 Å². The number of nitrogens with zero attached hydrogens (tertiary/aromatic N) is 4. The van der Waals surface area contributed by atoms with Crippen LogP contribution in [0.4, 0.5) is 0 Å². The molecule has 0 spiro atoms. The van der Waals surface area contributed by atoms with Crippen molar-refractivity contribution in [1.82, 2.24) is 24.0 Å². The lowest BCUT2D eigenvalue weighted by Crippen LogP contribution is -2.31. The lowest BCUT2D eigenvalue weighted by molar-refractivity contribution is -0.132. The Morgan fingerprint density at radius 2 is 1.97 bits per heavy atom. The fourth-order valence-corrected chi connectivity index (χ4v) is 5.21. The maximum atomic E-state index is 13.4. The average molecular weight is 480 g/mol. The Bertz CT molecular complexity index is 1320. The van der Waals surface area contributed by atoms with E-state index in [0.717, 1.165) is 32.2 Å². The van der Waals surface area contributed by atoms with E-state index < -0.39 is 11.2 Å². The molecular weight excluding hydrogens is 442 g/mol. The predicted octanol–water partition coefficient (Wildman–Crippen LogP) is 3.95. The minimum Gasteiger partial charge on any atom is -0.336 e. The number of rotatable bonds is 9. The molecule has 1 fully saturated rings. The summed E-state index contributed by atoms with van der Waals surface area (Å²) in [5.41, 5.74) is 2.44. The standard InChI is InChI=1S/C27H37N5O3/c1-5-6-15-31-25-24(26(34)29-27(31)35)32(17-18(2)3)22(28-25)13-14-23(33)30-16-9-12-21(30)20-11-8-7-10-19(20)4/h7-8,10-11,18,21H,5-6,9,12-17H2,1-4H3,(H,29,34,35). The highest BCUT2D eigenvalue weighted by Crippen LogP contribution is 2.34. The first-order valence-electron chi connectivity index (χ1n) is 12.9. The van der Waals surface area contributed by atoms with Gasteiger partial charge in [0.25, 0.3) is 5.56 Å². The van der Waals surface area contributed by atoms with Gasteiger partial charge in [0, 0.05) is 32.5 Å². The van der Waals surface area contributed by atoms with Crippen molar-refractivity contribution >= 4 is 17.1 Å². The molecule has 1 saturated heterocycles. The van der Waals surface area contributed by atoms with E-state index in [1.807, 2.05) is 21.6 Å². The smallest absolute Gasteiger partial charge is 0.330 e. The molecule has 1 aliphatic heterocycles. The maximum Gasteiger partial charge on any atom is 0.330 e. The number of carbonyl (C=O) groups excluding carboxylic acids is 1. The highest BCUT2D eigenvalue weighted by molar-refractivity contribution is 5.77. The molecular formula is C27H37N5O3. The largest absolute Gasteiger partial charge is 0.336 e. The monoisotopic (exact) mass is 479 g/mol. The summed E-state index contributed by atoms with van der Waals surface area (Å²) >= 11 is 0. The van der Waals surface area contributed by atoms with Crippen LogP contribution in [0.5, 0.6) is 0 Å². The molecule has 8 heteroatoms. The van der Waals surface area contributed by atoms with Crippen molar-refractivity contribution in [2.75, 3.05) is 6.54 Å². The third-order valence-corrected chi connectivity index (χ3v) is 6.93. The number of aromatic nitrogens is 4. The molecule has 188 valence electrons. The van der Waals surface area contributed by atoms with Crippen LogP contribution in [0.1, 0.15) is 75.9 Å². The first-order valence-corrected chi connectivity index (χ1v) is 12.9. The van der Waals surface area contributed by atoms with Crippen LogP contribution in [0.25, 0.3) is 11.2 Å². The molecule has 3 aromatic rings. The second-order valence-corrected chi connectivity index (χ2v) is 10.1. The molecule has 1 N–H and O–H groups in total. The topological polar surface area (TPSA) is 93.0 Å². The highest BCUT2D eigenvalue weighted by Gasteiger charge is 2.31. The van der Waals surface area contributed by atoms with Gasteiger partial charge in [-0.2, -0.15) is 0 Å². The summed E-state index contributed by atoms with van der Waals surface area (Å²) < 4.78 is 3.48. The third kappa shape index (κ3) is 5.11. The van der Waals surface area contributed by atoms with Crippen LogP contribution in [0.2, 0.25) is 0 Å². The number of aryl methyl sites for hydroxylation is 3. The van der Waals surface area contributed by atoms with Gasteiger partial charge in [0.15, 0.2) is 11.2 Å². The van der Waals surface area contributed by atoms with Crippen LogP contribution in [-0.2, 0) is 24.3 Å². The number of benzene rings is 1. The van der Waals surface area contributed by atoms with Crippen molar-refractivity contribution in [2.24, 2.45) is 5.92 Å². The normalized spacial score (nSPS) is 16.0. The van der Waals surface area contributed by atoms with Crippen molar-refractivity contribution in [2.45, 2.75) is 85.4 Å². The van der Waals surface area contributed by atoms with E-state index in [9.17, 15) is 14.4 Å². The number of unbranched alkanes of at least 4 members (excludes halogenated alkanes) is 1. The van der Waals surface area contributed by atoms with Gasteiger partial charge in [-0.25, -0.2) is 9.78 Å². The number of H-pyrrole nitrogens is 1. The minimum atomic E-state index is -0.425. The Labute approximate surface area is 206 Å². The second kappa shape index (κ2) is 10.6. The van der Waals surface area contributed by atoms with Gasteiger partial charge >= 0.3 is 5.69 Å². The molecule has 4 rings (SSSR count). The number of hydrogen-bond acceptors (Lipinski definition) is 4.